The van der Waals surface area contributed by atoms with Crippen LogP contribution in [0, 0.1) is 6.92 Å². The molecule has 0 aliphatic carbocycles. The second kappa shape index (κ2) is 6.57. The van der Waals surface area contributed by atoms with Crippen LogP contribution in [0.1, 0.15) is 31.3 Å². The number of nitrogens with one attached hydrogen (secondary N) is 1. The van der Waals surface area contributed by atoms with E-state index in [0.29, 0.717) is 13.1 Å². The van der Waals surface area contributed by atoms with Crippen molar-refractivity contribution in [2.24, 2.45) is 0 Å². The predicted molar refractivity (Wildman–Crippen MR) is 102 cm³/mol. The first kappa shape index (κ1) is 16.8. The molecule has 3 N–H and O–H groups in total. The van der Waals surface area contributed by atoms with E-state index in [1.54, 1.807) is 0 Å². The van der Waals surface area contributed by atoms with Crippen LogP contribution in [0.3, 0.4) is 0 Å². The Balaban J connectivity index is 1.57. The van der Waals surface area contributed by atoms with Crippen LogP contribution in [0.15, 0.2) is 30.3 Å². The van der Waals surface area contributed by atoms with Gasteiger partial charge in [0.05, 0.1) is 28.9 Å². The van der Waals surface area contributed by atoms with Crippen molar-refractivity contribution in [3.63, 3.8) is 0 Å². The number of ether oxygens (including phenoxy) is 1. The second-order valence-electron chi connectivity index (χ2n) is 7.09. The van der Waals surface area contributed by atoms with Gasteiger partial charge in [-0.15, -0.1) is 0 Å². The summed E-state index contributed by atoms with van der Waals surface area (Å²) in [5.74, 6) is 1.95. The van der Waals surface area contributed by atoms with E-state index in [9.17, 15) is 0 Å². The zero-order valence-corrected chi connectivity index (χ0v) is 15.2. The minimum atomic E-state index is -0.142. The van der Waals surface area contributed by atoms with Gasteiger partial charge in [0, 0.05) is 19.2 Å². The topological polar surface area (TPSA) is 90.9 Å². The molecule has 1 aromatic carbocycles. The molecule has 7 nitrogen and oxygen atoms in total. The fraction of sp³-hybridized carbons (Fsp3) is 0.421. The summed E-state index contributed by atoms with van der Waals surface area (Å²) in [4.78, 5) is 13.3. The number of nitrogens with zero attached hydrogens (tertiary/aromatic N) is 4. The van der Waals surface area contributed by atoms with E-state index in [0.717, 1.165) is 47.8 Å². The highest BCUT2D eigenvalue weighted by Gasteiger charge is 2.29. The maximum Gasteiger partial charge on any atom is 0.222 e. The Bertz CT molecular complexity index is 929. The van der Waals surface area contributed by atoms with Crippen molar-refractivity contribution in [2.45, 2.75) is 38.8 Å². The number of para-hydroxylation sites is 2. The molecule has 2 aromatic heterocycles. The number of nitrogen functional groups attached to an aromatic ring is 1. The number of imidazole rings is 1. The maximum atomic E-state index is 5.94. The minimum absolute atomic E-state index is 0.142. The molecule has 1 aliphatic rings. The molecule has 0 bridgehead atoms. The largest absolute Gasteiger partial charge is 0.373 e. The Hall–Kier alpha value is -2.67. The highest BCUT2D eigenvalue weighted by atomic mass is 16.5. The number of nitrogens with two attached hydrogens (primary N) is 1. The lowest BCUT2D eigenvalue weighted by molar-refractivity contribution is 0.0315. The predicted octanol–water partition coefficient (Wildman–Crippen LogP) is 2.75. The first-order valence-corrected chi connectivity index (χ1v) is 8.96. The van der Waals surface area contributed by atoms with Gasteiger partial charge >= 0.3 is 0 Å². The summed E-state index contributed by atoms with van der Waals surface area (Å²) in [6.45, 7) is 6.25. The van der Waals surface area contributed by atoms with Gasteiger partial charge in [0.2, 0.25) is 5.95 Å². The summed E-state index contributed by atoms with van der Waals surface area (Å²) in [5, 5.41) is 3.36. The van der Waals surface area contributed by atoms with Gasteiger partial charge < -0.3 is 20.4 Å². The molecule has 3 heterocycles. The molecule has 1 atom stereocenters. The first-order chi connectivity index (χ1) is 12.5. The monoisotopic (exact) mass is 352 g/mol. The number of rotatable bonds is 5. The number of benzene rings is 1. The van der Waals surface area contributed by atoms with E-state index >= 15 is 0 Å². The van der Waals surface area contributed by atoms with Crippen LogP contribution in [0.5, 0.6) is 0 Å². The van der Waals surface area contributed by atoms with Crippen molar-refractivity contribution in [3.05, 3.63) is 41.9 Å². The van der Waals surface area contributed by atoms with Gasteiger partial charge in [-0.25, -0.2) is 9.97 Å². The molecule has 3 aromatic rings. The molecule has 0 saturated carbocycles. The molecule has 0 spiro atoms. The Morgan fingerprint density at radius 3 is 2.92 bits per heavy atom. The molecule has 7 heteroatoms. The fourth-order valence-electron chi connectivity index (χ4n) is 3.50. The minimum Gasteiger partial charge on any atom is -0.373 e. The summed E-state index contributed by atoms with van der Waals surface area (Å²) in [6, 6.07) is 10.0. The number of aromatic nitrogens is 4. The lowest BCUT2D eigenvalue weighted by Crippen LogP contribution is -2.32. The van der Waals surface area contributed by atoms with Gasteiger partial charge in [0.25, 0.3) is 0 Å². The van der Waals surface area contributed by atoms with Crippen LogP contribution in [0.4, 0.5) is 11.8 Å². The van der Waals surface area contributed by atoms with Crippen molar-refractivity contribution in [1.29, 1.82) is 0 Å². The summed E-state index contributed by atoms with van der Waals surface area (Å²) < 4.78 is 7.96. The average molecular weight is 352 g/mol. The summed E-state index contributed by atoms with van der Waals surface area (Å²) in [7, 11) is 0. The molecule has 136 valence electrons. The average Bonchev–Trinajstić information content (AvgIpc) is 3.17. The van der Waals surface area contributed by atoms with Gasteiger partial charge in [-0.2, -0.15) is 4.98 Å². The highest BCUT2D eigenvalue weighted by molar-refractivity contribution is 5.75. The van der Waals surface area contributed by atoms with Crippen molar-refractivity contribution in [3.8, 4) is 0 Å². The molecule has 1 saturated heterocycles. The third kappa shape index (κ3) is 3.35. The Labute approximate surface area is 152 Å². The van der Waals surface area contributed by atoms with Crippen molar-refractivity contribution >= 4 is 22.8 Å². The Kier molecular flexibility index (Phi) is 4.24. The number of hydrogen-bond donors (Lipinski definition) is 2. The van der Waals surface area contributed by atoms with Crippen molar-refractivity contribution in [2.75, 3.05) is 24.2 Å². The van der Waals surface area contributed by atoms with E-state index < -0.39 is 0 Å². The number of fused-ring (bicyclic) bond motifs is 1. The fourth-order valence-corrected chi connectivity index (χ4v) is 3.50. The molecule has 0 amide bonds. The SMILES string of the molecule is Cc1nc2ccccc2n1Cc1cc(NC[C@]2(C)CCCO2)nc(N)n1. The number of anilines is 2. The van der Waals surface area contributed by atoms with Crippen LogP contribution < -0.4 is 11.1 Å². The van der Waals surface area contributed by atoms with Gasteiger partial charge in [0.1, 0.15) is 11.6 Å². The van der Waals surface area contributed by atoms with Crippen LogP contribution in [-0.4, -0.2) is 38.3 Å². The van der Waals surface area contributed by atoms with Crippen LogP contribution in [0.25, 0.3) is 11.0 Å². The normalized spacial score (nSPS) is 19.9. The van der Waals surface area contributed by atoms with Gasteiger partial charge in [-0.3, -0.25) is 0 Å². The zero-order chi connectivity index (χ0) is 18.1. The third-order valence-electron chi connectivity index (χ3n) is 4.91. The van der Waals surface area contributed by atoms with Crippen LogP contribution >= 0.6 is 0 Å². The lowest BCUT2D eigenvalue weighted by atomic mass is 10.0. The summed E-state index contributed by atoms with van der Waals surface area (Å²) in [5.41, 5.74) is 8.72. The smallest absolute Gasteiger partial charge is 0.222 e. The van der Waals surface area contributed by atoms with E-state index in [-0.39, 0.29) is 11.5 Å². The quantitative estimate of drug-likeness (QED) is 0.734. The molecular formula is C19H24N6O. The number of aryl methyl sites for hydroxylation is 1. The molecule has 1 aliphatic heterocycles. The summed E-state index contributed by atoms with van der Waals surface area (Å²) >= 11 is 0. The Morgan fingerprint density at radius 2 is 2.12 bits per heavy atom. The molecular weight excluding hydrogens is 328 g/mol. The van der Waals surface area contributed by atoms with Crippen molar-refractivity contribution < 1.29 is 4.74 Å². The molecule has 26 heavy (non-hydrogen) atoms. The second-order valence-corrected chi connectivity index (χ2v) is 7.09. The molecule has 1 fully saturated rings. The van der Waals surface area contributed by atoms with Gasteiger partial charge in [-0.05, 0) is 38.8 Å². The Morgan fingerprint density at radius 1 is 1.27 bits per heavy atom. The van der Waals surface area contributed by atoms with Gasteiger partial charge in [-0.1, -0.05) is 12.1 Å². The molecule has 0 radical (unpaired) electrons. The third-order valence-corrected chi connectivity index (χ3v) is 4.91. The molecule has 4 rings (SSSR count). The first-order valence-electron chi connectivity index (χ1n) is 8.96. The number of hydrogen-bond acceptors (Lipinski definition) is 6. The highest BCUT2D eigenvalue weighted by Crippen LogP contribution is 2.25. The van der Waals surface area contributed by atoms with E-state index in [2.05, 4.69) is 37.8 Å². The van der Waals surface area contributed by atoms with Crippen LogP contribution in [0.2, 0.25) is 0 Å². The van der Waals surface area contributed by atoms with Crippen LogP contribution in [-0.2, 0) is 11.3 Å². The zero-order valence-electron chi connectivity index (χ0n) is 15.2. The molecule has 0 unspecified atom stereocenters. The lowest BCUT2D eigenvalue weighted by Gasteiger charge is -2.23. The van der Waals surface area contributed by atoms with Gasteiger partial charge in [0.15, 0.2) is 0 Å². The van der Waals surface area contributed by atoms with E-state index in [1.165, 1.54) is 0 Å². The summed E-state index contributed by atoms with van der Waals surface area (Å²) in [6.07, 6.45) is 2.15. The maximum absolute atomic E-state index is 5.94. The van der Waals surface area contributed by atoms with Crippen molar-refractivity contribution in [1.82, 2.24) is 19.5 Å². The van der Waals surface area contributed by atoms with E-state index in [1.807, 2.05) is 31.2 Å². The standard InChI is InChI=1S/C19H24N6O/c1-13-22-15-6-3-4-7-16(15)25(13)11-14-10-17(24-18(20)23-14)21-12-19(2)8-5-9-26-19/h3-4,6-7,10H,5,8-9,11-12H2,1-2H3,(H3,20,21,23,24)/t19-/m0/s1. The van der Waals surface area contributed by atoms with E-state index in [4.69, 9.17) is 10.5 Å².